The van der Waals surface area contributed by atoms with E-state index in [9.17, 15) is 0 Å². The van der Waals surface area contributed by atoms with Crippen LogP contribution in [0.3, 0.4) is 0 Å². The molecule has 2 atom stereocenters. The third kappa shape index (κ3) is 4.13. The summed E-state index contributed by atoms with van der Waals surface area (Å²) in [6, 6.07) is 2.70. The number of nitrogens with zero attached hydrogens (tertiary/aromatic N) is 2. The van der Waals surface area contributed by atoms with Crippen LogP contribution in [-0.4, -0.2) is 16.3 Å². The lowest BCUT2D eigenvalue weighted by Crippen LogP contribution is -2.25. The molecular weight excluding hydrogens is 222 g/mol. The summed E-state index contributed by atoms with van der Waals surface area (Å²) < 4.78 is 2.05. The Hall–Kier alpha value is -0.830. The summed E-state index contributed by atoms with van der Waals surface area (Å²) in [6.45, 7) is 10.1. The highest BCUT2D eigenvalue weighted by Gasteiger charge is 2.18. The molecule has 0 fully saturated rings. The molecule has 0 aliphatic rings. The first-order valence-corrected chi connectivity index (χ1v) is 7.38. The van der Waals surface area contributed by atoms with Crippen LogP contribution in [-0.2, 0) is 13.5 Å². The number of aromatic nitrogens is 2. The summed E-state index contributed by atoms with van der Waals surface area (Å²) in [6.07, 6.45) is 4.62. The van der Waals surface area contributed by atoms with Crippen molar-refractivity contribution in [1.82, 2.24) is 15.1 Å². The van der Waals surface area contributed by atoms with Gasteiger partial charge >= 0.3 is 0 Å². The third-order valence-corrected chi connectivity index (χ3v) is 3.66. The molecule has 104 valence electrons. The molecule has 1 N–H and O–H groups in total. The Morgan fingerprint density at radius 2 is 2.06 bits per heavy atom. The van der Waals surface area contributed by atoms with E-state index in [2.05, 4.69) is 55.9 Å². The van der Waals surface area contributed by atoms with Gasteiger partial charge in [0.05, 0.1) is 11.4 Å². The van der Waals surface area contributed by atoms with Gasteiger partial charge in [-0.1, -0.05) is 34.1 Å². The lowest BCUT2D eigenvalue weighted by atomic mass is 9.97. The molecule has 0 aromatic carbocycles. The summed E-state index contributed by atoms with van der Waals surface area (Å²) in [4.78, 5) is 0. The van der Waals surface area contributed by atoms with Gasteiger partial charge in [0, 0.05) is 13.1 Å². The highest BCUT2D eigenvalue weighted by Crippen LogP contribution is 2.23. The van der Waals surface area contributed by atoms with Crippen LogP contribution in [0, 0.1) is 5.92 Å². The van der Waals surface area contributed by atoms with Gasteiger partial charge in [0.25, 0.3) is 0 Å². The SMILES string of the molecule is CCCNC(CC(C)CC)c1cc(CC)nn1C. The van der Waals surface area contributed by atoms with Crippen LogP contribution in [0.1, 0.15) is 64.4 Å². The van der Waals surface area contributed by atoms with Crippen molar-refractivity contribution in [3.63, 3.8) is 0 Å². The lowest BCUT2D eigenvalue weighted by Gasteiger charge is -2.21. The molecule has 0 amide bonds. The van der Waals surface area contributed by atoms with Gasteiger partial charge in [-0.3, -0.25) is 4.68 Å². The Balaban J connectivity index is 2.82. The minimum Gasteiger partial charge on any atom is -0.309 e. The molecule has 0 aliphatic heterocycles. The molecule has 1 rings (SSSR count). The highest BCUT2D eigenvalue weighted by molar-refractivity contribution is 5.14. The van der Waals surface area contributed by atoms with E-state index in [1.807, 2.05) is 0 Å². The minimum absolute atomic E-state index is 0.442. The largest absolute Gasteiger partial charge is 0.309 e. The van der Waals surface area contributed by atoms with Gasteiger partial charge < -0.3 is 5.32 Å². The van der Waals surface area contributed by atoms with Crippen LogP contribution in [0.5, 0.6) is 0 Å². The lowest BCUT2D eigenvalue weighted by molar-refractivity contribution is 0.386. The first-order chi connectivity index (χ1) is 8.62. The number of hydrogen-bond acceptors (Lipinski definition) is 2. The van der Waals surface area contributed by atoms with Crippen molar-refractivity contribution in [2.24, 2.45) is 13.0 Å². The van der Waals surface area contributed by atoms with E-state index in [0.29, 0.717) is 6.04 Å². The maximum atomic E-state index is 4.57. The fourth-order valence-corrected chi connectivity index (χ4v) is 2.24. The maximum absolute atomic E-state index is 4.57. The van der Waals surface area contributed by atoms with Crippen molar-refractivity contribution >= 4 is 0 Å². The second-order valence-corrected chi connectivity index (χ2v) is 5.29. The van der Waals surface area contributed by atoms with Crippen LogP contribution in [0.4, 0.5) is 0 Å². The molecule has 0 saturated carbocycles. The standard InChI is InChI=1S/C15H29N3/c1-6-9-16-14(10-12(4)7-2)15-11-13(8-3)17-18(15)5/h11-12,14,16H,6-10H2,1-5H3. The summed E-state index contributed by atoms with van der Waals surface area (Å²) in [5, 5.41) is 8.24. The van der Waals surface area contributed by atoms with E-state index in [1.165, 1.54) is 30.7 Å². The van der Waals surface area contributed by atoms with Crippen LogP contribution < -0.4 is 5.32 Å². The maximum Gasteiger partial charge on any atom is 0.0625 e. The van der Waals surface area contributed by atoms with Crippen LogP contribution >= 0.6 is 0 Å². The molecule has 2 unspecified atom stereocenters. The quantitative estimate of drug-likeness (QED) is 0.767. The second-order valence-electron chi connectivity index (χ2n) is 5.29. The molecule has 1 aromatic heterocycles. The Morgan fingerprint density at radius 1 is 1.33 bits per heavy atom. The zero-order chi connectivity index (χ0) is 13.5. The number of rotatable bonds is 8. The summed E-state index contributed by atoms with van der Waals surface area (Å²) in [5.74, 6) is 0.749. The topological polar surface area (TPSA) is 29.9 Å². The molecule has 1 aromatic rings. The predicted octanol–water partition coefficient (Wildman–Crippen LogP) is 3.46. The van der Waals surface area contributed by atoms with Gasteiger partial charge in [-0.25, -0.2) is 0 Å². The first-order valence-electron chi connectivity index (χ1n) is 7.38. The monoisotopic (exact) mass is 251 g/mol. The van der Waals surface area contributed by atoms with Crippen molar-refractivity contribution in [3.05, 3.63) is 17.5 Å². The molecule has 0 bridgehead atoms. The Morgan fingerprint density at radius 3 is 2.56 bits per heavy atom. The van der Waals surface area contributed by atoms with Crippen molar-refractivity contribution in [2.45, 2.75) is 59.4 Å². The number of aryl methyl sites for hydroxylation is 2. The molecule has 0 saturated heterocycles. The Labute approximate surface area is 112 Å². The van der Waals surface area contributed by atoms with Crippen molar-refractivity contribution in [1.29, 1.82) is 0 Å². The van der Waals surface area contributed by atoms with Gasteiger partial charge in [0.2, 0.25) is 0 Å². The Kier molecular flexibility index (Phi) is 6.41. The van der Waals surface area contributed by atoms with Gasteiger partial charge in [-0.15, -0.1) is 0 Å². The predicted molar refractivity (Wildman–Crippen MR) is 77.7 cm³/mol. The zero-order valence-corrected chi connectivity index (χ0v) is 12.7. The van der Waals surface area contributed by atoms with Gasteiger partial charge in [-0.05, 0) is 37.8 Å². The second kappa shape index (κ2) is 7.57. The van der Waals surface area contributed by atoms with Crippen LogP contribution in [0.25, 0.3) is 0 Å². The Bertz CT molecular complexity index is 344. The van der Waals surface area contributed by atoms with E-state index in [4.69, 9.17) is 0 Å². The van der Waals surface area contributed by atoms with Gasteiger partial charge in [-0.2, -0.15) is 5.10 Å². The molecule has 18 heavy (non-hydrogen) atoms. The highest BCUT2D eigenvalue weighted by atomic mass is 15.3. The molecular formula is C15H29N3. The van der Waals surface area contributed by atoms with Gasteiger partial charge in [0.1, 0.15) is 0 Å². The summed E-state index contributed by atoms with van der Waals surface area (Å²) in [7, 11) is 2.06. The summed E-state index contributed by atoms with van der Waals surface area (Å²) >= 11 is 0. The molecule has 3 nitrogen and oxygen atoms in total. The van der Waals surface area contributed by atoms with Crippen molar-refractivity contribution in [2.75, 3.05) is 6.54 Å². The molecule has 1 heterocycles. The molecule has 0 aliphatic carbocycles. The van der Waals surface area contributed by atoms with Crippen molar-refractivity contribution in [3.8, 4) is 0 Å². The number of hydrogen-bond donors (Lipinski definition) is 1. The van der Waals surface area contributed by atoms with Crippen LogP contribution in [0.2, 0.25) is 0 Å². The van der Waals surface area contributed by atoms with E-state index in [-0.39, 0.29) is 0 Å². The van der Waals surface area contributed by atoms with E-state index < -0.39 is 0 Å². The fraction of sp³-hybridized carbons (Fsp3) is 0.800. The van der Waals surface area contributed by atoms with Crippen LogP contribution in [0.15, 0.2) is 6.07 Å². The van der Waals surface area contributed by atoms with E-state index in [1.54, 1.807) is 0 Å². The normalized spacial score (nSPS) is 14.7. The molecule has 0 spiro atoms. The van der Waals surface area contributed by atoms with Crippen molar-refractivity contribution < 1.29 is 0 Å². The summed E-state index contributed by atoms with van der Waals surface area (Å²) in [5.41, 5.74) is 2.53. The van der Waals surface area contributed by atoms with E-state index >= 15 is 0 Å². The average molecular weight is 251 g/mol. The molecule has 0 radical (unpaired) electrons. The minimum atomic E-state index is 0.442. The molecule has 3 heteroatoms. The van der Waals surface area contributed by atoms with Gasteiger partial charge in [0.15, 0.2) is 0 Å². The first kappa shape index (κ1) is 15.2. The van der Waals surface area contributed by atoms with E-state index in [0.717, 1.165) is 18.9 Å². The number of nitrogens with one attached hydrogen (secondary N) is 1. The smallest absolute Gasteiger partial charge is 0.0625 e. The average Bonchev–Trinajstić information content (AvgIpc) is 2.75. The third-order valence-electron chi connectivity index (χ3n) is 3.66. The zero-order valence-electron chi connectivity index (χ0n) is 12.7. The fourth-order valence-electron chi connectivity index (χ4n) is 2.24.